The van der Waals surface area contributed by atoms with Crippen molar-refractivity contribution in [3.63, 3.8) is 0 Å². The predicted molar refractivity (Wildman–Crippen MR) is 47.7 cm³/mol. The van der Waals surface area contributed by atoms with Gasteiger partial charge < -0.3 is 4.74 Å². The highest BCUT2D eigenvalue weighted by atomic mass is 16.5. The molecule has 0 N–H and O–H groups in total. The minimum absolute atomic E-state index is 0.356. The van der Waals surface area contributed by atoms with Crippen molar-refractivity contribution in [3.05, 3.63) is 36.5 Å². The van der Waals surface area contributed by atoms with Crippen LogP contribution in [0.15, 0.2) is 36.5 Å². The van der Waals surface area contributed by atoms with Crippen LogP contribution in [0.25, 0.3) is 0 Å². The molecular formula is C11H12O. The van der Waals surface area contributed by atoms with Gasteiger partial charge >= 0.3 is 0 Å². The molecule has 3 rings (SSSR count). The van der Waals surface area contributed by atoms with Gasteiger partial charge in [0.2, 0.25) is 0 Å². The Morgan fingerprint density at radius 1 is 1.00 bits per heavy atom. The largest absolute Gasteiger partial charge is 0.366 e. The molecule has 1 saturated heterocycles. The fraction of sp³-hybridized carbons (Fsp3) is 0.455. The number of hydrogen-bond donors (Lipinski definition) is 0. The average molecular weight is 160 g/mol. The van der Waals surface area contributed by atoms with E-state index in [0.717, 1.165) is 5.92 Å². The molecule has 0 radical (unpaired) electrons. The third kappa shape index (κ3) is 0.774. The summed E-state index contributed by atoms with van der Waals surface area (Å²) in [4.78, 5) is 0. The molecule has 0 bridgehead atoms. The molecule has 4 atom stereocenters. The van der Waals surface area contributed by atoms with Crippen molar-refractivity contribution < 1.29 is 4.74 Å². The summed E-state index contributed by atoms with van der Waals surface area (Å²) in [5.74, 6) is 1.35. The van der Waals surface area contributed by atoms with E-state index in [1.165, 1.54) is 6.42 Å². The molecule has 62 valence electrons. The van der Waals surface area contributed by atoms with E-state index in [1.807, 2.05) is 0 Å². The van der Waals surface area contributed by atoms with Crippen molar-refractivity contribution in [1.29, 1.82) is 0 Å². The summed E-state index contributed by atoms with van der Waals surface area (Å²) in [7, 11) is 0. The lowest BCUT2D eigenvalue weighted by atomic mass is 9.85. The van der Waals surface area contributed by atoms with Crippen LogP contribution in [0.2, 0.25) is 0 Å². The highest BCUT2D eigenvalue weighted by molar-refractivity contribution is 5.23. The zero-order chi connectivity index (χ0) is 7.97. The van der Waals surface area contributed by atoms with Crippen LogP contribution in [-0.4, -0.2) is 12.2 Å². The summed E-state index contributed by atoms with van der Waals surface area (Å²) >= 11 is 0. The van der Waals surface area contributed by atoms with Gasteiger partial charge in [-0.05, 0) is 6.42 Å². The average Bonchev–Trinajstić information content (AvgIpc) is 2.62. The van der Waals surface area contributed by atoms with Gasteiger partial charge in [-0.25, -0.2) is 0 Å². The zero-order valence-corrected chi connectivity index (χ0v) is 6.89. The SMILES string of the molecule is C1=CC2OC3C=CCC3C2C=C1. The third-order valence-corrected chi connectivity index (χ3v) is 3.09. The molecule has 0 saturated carbocycles. The highest BCUT2D eigenvalue weighted by Gasteiger charge is 2.42. The van der Waals surface area contributed by atoms with Crippen LogP contribution >= 0.6 is 0 Å². The van der Waals surface area contributed by atoms with Crippen LogP contribution in [0.5, 0.6) is 0 Å². The smallest absolute Gasteiger partial charge is 0.0833 e. The van der Waals surface area contributed by atoms with E-state index in [4.69, 9.17) is 4.74 Å². The lowest BCUT2D eigenvalue weighted by molar-refractivity contribution is 0.0889. The van der Waals surface area contributed by atoms with Crippen molar-refractivity contribution in [2.45, 2.75) is 18.6 Å². The minimum atomic E-state index is 0.356. The molecule has 0 amide bonds. The van der Waals surface area contributed by atoms with Crippen molar-refractivity contribution in [3.8, 4) is 0 Å². The Kier molecular flexibility index (Phi) is 1.30. The quantitative estimate of drug-likeness (QED) is 0.493. The van der Waals surface area contributed by atoms with Crippen LogP contribution in [0, 0.1) is 11.8 Å². The molecule has 1 heterocycles. The fourth-order valence-electron chi connectivity index (χ4n) is 2.48. The first kappa shape index (κ1) is 6.67. The van der Waals surface area contributed by atoms with Gasteiger partial charge in [-0.1, -0.05) is 36.5 Å². The molecule has 1 heteroatoms. The van der Waals surface area contributed by atoms with Gasteiger partial charge in [0, 0.05) is 11.8 Å². The first-order chi connectivity index (χ1) is 5.95. The van der Waals surface area contributed by atoms with Gasteiger partial charge in [-0.3, -0.25) is 0 Å². The van der Waals surface area contributed by atoms with E-state index >= 15 is 0 Å². The molecule has 12 heavy (non-hydrogen) atoms. The summed E-state index contributed by atoms with van der Waals surface area (Å²) in [5.41, 5.74) is 0. The van der Waals surface area contributed by atoms with Crippen molar-refractivity contribution in [2.75, 3.05) is 0 Å². The van der Waals surface area contributed by atoms with E-state index in [9.17, 15) is 0 Å². The number of ether oxygens (including phenoxy) is 1. The molecule has 0 aromatic rings. The molecule has 4 unspecified atom stereocenters. The lowest BCUT2D eigenvalue weighted by Crippen LogP contribution is -2.17. The monoisotopic (exact) mass is 160 g/mol. The fourth-order valence-corrected chi connectivity index (χ4v) is 2.48. The maximum atomic E-state index is 5.86. The molecule has 3 aliphatic rings. The minimum Gasteiger partial charge on any atom is -0.366 e. The van der Waals surface area contributed by atoms with Crippen molar-refractivity contribution in [2.24, 2.45) is 11.8 Å². The predicted octanol–water partition coefficient (Wildman–Crippen LogP) is 2.07. The van der Waals surface area contributed by atoms with Crippen LogP contribution in [0.1, 0.15) is 6.42 Å². The highest BCUT2D eigenvalue weighted by Crippen LogP contribution is 2.41. The van der Waals surface area contributed by atoms with Gasteiger partial charge in [0.15, 0.2) is 0 Å². The Morgan fingerprint density at radius 3 is 2.92 bits per heavy atom. The van der Waals surface area contributed by atoms with Gasteiger partial charge in [0.05, 0.1) is 12.2 Å². The van der Waals surface area contributed by atoms with Crippen LogP contribution in [0.3, 0.4) is 0 Å². The zero-order valence-electron chi connectivity index (χ0n) is 6.89. The lowest BCUT2D eigenvalue weighted by Gasteiger charge is -2.17. The van der Waals surface area contributed by atoms with Gasteiger partial charge in [-0.15, -0.1) is 0 Å². The molecule has 1 aliphatic heterocycles. The Bertz CT molecular complexity index is 275. The van der Waals surface area contributed by atoms with Gasteiger partial charge in [-0.2, -0.15) is 0 Å². The number of hydrogen-bond acceptors (Lipinski definition) is 1. The number of fused-ring (bicyclic) bond motifs is 3. The normalized spacial score (nSPS) is 48.0. The Hall–Kier alpha value is -0.820. The Balaban J connectivity index is 1.93. The summed E-state index contributed by atoms with van der Waals surface area (Å²) in [6.45, 7) is 0. The third-order valence-electron chi connectivity index (χ3n) is 3.09. The second-order valence-electron chi connectivity index (χ2n) is 3.74. The molecule has 0 aromatic carbocycles. The topological polar surface area (TPSA) is 9.23 Å². The number of rotatable bonds is 0. The van der Waals surface area contributed by atoms with Gasteiger partial charge in [0.25, 0.3) is 0 Å². The van der Waals surface area contributed by atoms with E-state index in [0.29, 0.717) is 18.1 Å². The molecular weight excluding hydrogens is 148 g/mol. The summed E-state index contributed by atoms with van der Waals surface area (Å²) in [5, 5.41) is 0. The van der Waals surface area contributed by atoms with Gasteiger partial charge in [0.1, 0.15) is 0 Å². The summed E-state index contributed by atoms with van der Waals surface area (Å²) < 4.78 is 5.86. The second kappa shape index (κ2) is 2.33. The van der Waals surface area contributed by atoms with E-state index in [2.05, 4.69) is 36.5 Å². The first-order valence-corrected chi connectivity index (χ1v) is 4.62. The molecule has 2 aliphatic carbocycles. The number of allylic oxidation sites excluding steroid dienone is 3. The molecule has 0 aromatic heterocycles. The van der Waals surface area contributed by atoms with Crippen molar-refractivity contribution >= 4 is 0 Å². The molecule has 0 spiro atoms. The van der Waals surface area contributed by atoms with E-state index in [1.54, 1.807) is 0 Å². The molecule has 1 nitrogen and oxygen atoms in total. The Labute approximate surface area is 72.4 Å². The summed E-state index contributed by atoms with van der Waals surface area (Å²) in [6.07, 6.45) is 15.1. The summed E-state index contributed by atoms with van der Waals surface area (Å²) in [6, 6.07) is 0. The van der Waals surface area contributed by atoms with E-state index < -0.39 is 0 Å². The molecule has 1 fully saturated rings. The first-order valence-electron chi connectivity index (χ1n) is 4.62. The van der Waals surface area contributed by atoms with Crippen molar-refractivity contribution in [1.82, 2.24) is 0 Å². The van der Waals surface area contributed by atoms with Crippen LogP contribution < -0.4 is 0 Å². The maximum absolute atomic E-state index is 5.86. The Morgan fingerprint density at radius 2 is 1.92 bits per heavy atom. The van der Waals surface area contributed by atoms with E-state index in [-0.39, 0.29) is 0 Å². The van der Waals surface area contributed by atoms with Crippen LogP contribution in [-0.2, 0) is 4.74 Å². The van der Waals surface area contributed by atoms with Crippen LogP contribution in [0.4, 0.5) is 0 Å². The maximum Gasteiger partial charge on any atom is 0.0833 e. The standard InChI is InChI=1S/C11H12O/c1-2-6-10-8(4-1)9-5-3-7-11(9)12-10/h1-4,6-11H,5H2. The second-order valence-corrected chi connectivity index (χ2v) is 3.74.